The van der Waals surface area contributed by atoms with E-state index in [1.54, 1.807) is 11.8 Å². The van der Waals surface area contributed by atoms with Crippen molar-refractivity contribution in [3.63, 3.8) is 0 Å². The summed E-state index contributed by atoms with van der Waals surface area (Å²) in [5.74, 6) is 1.43. The van der Waals surface area contributed by atoms with Crippen molar-refractivity contribution in [2.75, 3.05) is 22.1 Å². The molecule has 0 radical (unpaired) electrons. The zero-order valence-corrected chi connectivity index (χ0v) is 17.3. The second kappa shape index (κ2) is 10.2. The predicted octanol–water partition coefficient (Wildman–Crippen LogP) is 5.01. The summed E-state index contributed by atoms with van der Waals surface area (Å²) >= 11 is 1.63. The van der Waals surface area contributed by atoms with Crippen molar-refractivity contribution >= 4 is 35.0 Å². The zero-order chi connectivity index (χ0) is 19.8. The van der Waals surface area contributed by atoms with Gasteiger partial charge in [-0.3, -0.25) is 9.59 Å². The normalized spacial score (nSPS) is 10.5. The Morgan fingerprint density at radius 2 is 1.04 bits per heavy atom. The summed E-state index contributed by atoms with van der Waals surface area (Å²) in [5.41, 5.74) is 6.08. The van der Waals surface area contributed by atoms with Crippen LogP contribution in [0.15, 0.2) is 36.4 Å². The van der Waals surface area contributed by atoms with Crippen molar-refractivity contribution in [2.45, 2.75) is 40.5 Å². The molecule has 0 heterocycles. The van der Waals surface area contributed by atoms with Crippen LogP contribution in [0.25, 0.3) is 0 Å². The Kier molecular flexibility index (Phi) is 7.92. The van der Waals surface area contributed by atoms with Crippen LogP contribution in [-0.2, 0) is 9.59 Å². The van der Waals surface area contributed by atoms with E-state index in [0.717, 1.165) is 33.6 Å². The van der Waals surface area contributed by atoms with Gasteiger partial charge < -0.3 is 10.6 Å². The fourth-order valence-corrected chi connectivity index (χ4v) is 3.72. The highest BCUT2D eigenvalue weighted by atomic mass is 32.2. The molecule has 0 aliphatic rings. The average Bonchev–Trinajstić information content (AvgIpc) is 2.61. The van der Waals surface area contributed by atoms with Crippen LogP contribution >= 0.6 is 11.8 Å². The van der Waals surface area contributed by atoms with Crippen molar-refractivity contribution in [2.24, 2.45) is 0 Å². The fraction of sp³-hybridized carbons (Fsp3) is 0.364. The molecule has 0 atom stereocenters. The van der Waals surface area contributed by atoms with Crippen LogP contribution in [0.5, 0.6) is 0 Å². The number of amides is 2. The number of carbonyl (C=O) groups is 2. The molecule has 0 bridgehead atoms. The van der Waals surface area contributed by atoms with Crippen LogP contribution in [0, 0.1) is 27.7 Å². The molecule has 0 spiro atoms. The summed E-state index contributed by atoms with van der Waals surface area (Å²) in [6.07, 6.45) is 0.883. The third kappa shape index (κ3) is 6.43. The highest BCUT2D eigenvalue weighted by Crippen LogP contribution is 2.21. The number of thioether (sulfide) groups is 1. The number of carbonyl (C=O) groups excluding carboxylic acids is 2. The van der Waals surface area contributed by atoms with Gasteiger partial charge in [-0.25, -0.2) is 0 Å². The van der Waals surface area contributed by atoms with Gasteiger partial charge in [0.1, 0.15) is 0 Å². The molecule has 0 saturated heterocycles. The monoisotopic (exact) mass is 384 g/mol. The van der Waals surface area contributed by atoms with E-state index in [9.17, 15) is 9.59 Å². The number of hydrogen-bond donors (Lipinski definition) is 2. The minimum atomic E-state index is 0.0138. The lowest BCUT2D eigenvalue weighted by Crippen LogP contribution is -2.15. The summed E-state index contributed by atoms with van der Waals surface area (Å²) in [6, 6.07) is 11.9. The number of aryl methyl sites for hydroxylation is 4. The molecule has 0 fully saturated rings. The van der Waals surface area contributed by atoms with E-state index >= 15 is 0 Å². The van der Waals surface area contributed by atoms with E-state index in [-0.39, 0.29) is 11.8 Å². The maximum Gasteiger partial charge on any atom is 0.225 e. The third-order valence-corrected chi connectivity index (χ3v) is 5.42. The van der Waals surface area contributed by atoms with E-state index in [0.29, 0.717) is 24.3 Å². The second-order valence-corrected chi connectivity index (χ2v) is 7.97. The molecule has 144 valence electrons. The maximum atomic E-state index is 12.1. The van der Waals surface area contributed by atoms with Crippen LogP contribution in [0.4, 0.5) is 11.4 Å². The molecule has 2 aromatic rings. The van der Waals surface area contributed by atoms with Gasteiger partial charge in [-0.1, -0.05) is 36.4 Å². The van der Waals surface area contributed by atoms with Crippen molar-refractivity contribution in [1.82, 2.24) is 0 Å². The molecule has 2 amide bonds. The van der Waals surface area contributed by atoms with E-state index in [2.05, 4.69) is 10.6 Å². The first-order chi connectivity index (χ1) is 12.9. The molecule has 0 aliphatic carbocycles. The average molecular weight is 385 g/mol. The lowest BCUT2D eigenvalue weighted by Gasteiger charge is -2.12. The quantitative estimate of drug-likeness (QED) is 0.629. The van der Waals surface area contributed by atoms with Gasteiger partial charge in [0.2, 0.25) is 11.8 Å². The standard InChI is InChI=1S/C22H28N2O2S/c1-15-7-5-8-16(2)21(15)23-19(25)11-13-27-14-12-20(26)24-22-17(3)9-6-10-18(22)4/h5-10H,11-14H2,1-4H3,(H,23,25)(H,24,26). The first-order valence-corrected chi connectivity index (χ1v) is 10.3. The number of hydrogen-bond acceptors (Lipinski definition) is 3. The number of benzene rings is 2. The predicted molar refractivity (Wildman–Crippen MR) is 116 cm³/mol. The first-order valence-electron chi connectivity index (χ1n) is 9.18. The van der Waals surface area contributed by atoms with Crippen LogP contribution < -0.4 is 10.6 Å². The second-order valence-electron chi connectivity index (χ2n) is 6.74. The molecule has 27 heavy (non-hydrogen) atoms. The first kappa shape index (κ1) is 21.0. The smallest absolute Gasteiger partial charge is 0.225 e. The van der Waals surface area contributed by atoms with Gasteiger partial charge in [-0.15, -0.1) is 0 Å². The summed E-state index contributed by atoms with van der Waals surface area (Å²) in [7, 11) is 0. The molecule has 0 saturated carbocycles. The zero-order valence-electron chi connectivity index (χ0n) is 16.5. The maximum absolute atomic E-state index is 12.1. The van der Waals surface area contributed by atoms with E-state index in [1.807, 2.05) is 64.1 Å². The number of rotatable bonds is 8. The number of para-hydroxylation sites is 2. The lowest BCUT2D eigenvalue weighted by molar-refractivity contribution is -0.116. The van der Waals surface area contributed by atoms with Crippen molar-refractivity contribution in [3.8, 4) is 0 Å². The van der Waals surface area contributed by atoms with Gasteiger partial charge in [0.15, 0.2) is 0 Å². The van der Waals surface area contributed by atoms with E-state index in [4.69, 9.17) is 0 Å². The molecule has 0 unspecified atom stereocenters. The highest BCUT2D eigenvalue weighted by Gasteiger charge is 2.09. The van der Waals surface area contributed by atoms with E-state index in [1.165, 1.54) is 0 Å². The van der Waals surface area contributed by atoms with E-state index < -0.39 is 0 Å². The Bertz CT molecular complexity index is 710. The largest absolute Gasteiger partial charge is 0.326 e. The molecule has 4 nitrogen and oxygen atoms in total. The fourth-order valence-electron chi connectivity index (χ4n) is 2.86. The minimum Gasteiger partial charge on any atom is -0.326 e. The van der Waals surface area contributed by atoms with Gasteiger partial charge in [0, 0.05) is 35.7 Å². The van der Waals surface area contributed by atoms with Crippen LogP contribution in [0.3, 0.4) is 0 Å². The molecular weight excluding hydrogens is 356 g/mol. The Balaban J connectivity index is 1.68. The minimum absolute atomic E-state index is 0.0138. The van der Waals surface area contributed by atoms with Crippen LogP contribution in [0.2, 0.25) is 0 Å². The van der Waals surface area contributed by atoms with Gasteiger partial charge in [0.25, 0.3) is 0 Å². The summed E-state index contributed by atoms with van der Waals surface area (Å²) in [4.78, 5) is 24.3. The van der Waals surface area contributed by atoms with Gasteiger partial charge in [-0.2, -0.15) is 11.8 Å². The molecule has 5 heteroatoms. The molecule has 0 aromatic heterocycles. The molecule has 2 aromatic carbocycles. The number of anilines is 2. The third-order valence-electron chi connectivity index (χ3n) is 4.44. The Labute approximate surface area is 166 Å². The van der Waals surface area contributed by atoms with Crippen molar-refractivity contribution < 1.29 is 9.59 Å². The van der Waals surface area contributed by atoms with Gasteiger partial charge >= 0.3 is 0 Å². The van der Waals surface area contributed by atoms with Crippen LogP contribution in [-0.4, -0.2) is 23.3 Å². The lowest BCUT2D eigenvalue weighted by atomic mass is 10.1. The number of nitrogens with one attached hydrogen (secondary N) is 2. The van der Waals surface area contributed by atoms with Gasteiger partial charge in [0.05, 0.1) is 0 Å². The Morgan fingerprint density at radius 1 is 0.704 bits per heavy atom. The van der Waals surface area contributed by atoms with Gasteiger partial charge in [-0.05, 0) is 49.9 Å². The topological polar surface area (TPSA) is 58.2 Å². The molecule has 2 rings (SSSR count). The summed E-state index contributed by atoms with van der Waals surface area (Å²) in [5, 5.41) is 5.98. The Morgan fingerprint density at radius 3 is 1.37 bits per heavy atom. The SMILES string of the molecule is Cc1cccc(C)c1NC(=O)CCSCCC(=O)Nc1c(C)cccc1C. The van der Waals surface area contributed by atoms with Crippen molar-refractivity contribution in [1.29, 1.82) is 0 Å². The highest BCUT2D eigenvalue weighted by molar-refractivity contribution is 7.99. The molecular formula is C22H28N2O2S. The summed E-state index contributed by atoms with van der Waals surface area (Å²) in [6.45, 7) is 7.97. The van der Waals surface area contributed by atoms with Crippen LogP contribution in [0.1, 0.15) is 35.1 Å². The molecule has 0 aliphatic heterocycles. The summed E-state index contributed by atoms with van der Waals surface area (Å²) < 4.78 is 0. The Hall–Kier alpha value is -2.27. The van der Waals surface area contributed by atoms with Crippen molar-refractivity contribution in [3.05, 3.63) is 58.7 Å². The molecule has 2 N–H and O–H groups in total.